The van der Waals surface area contributed by atoms with E-state index >= 15 is 0 Å². The topological polar surface area (TPSA) is 47.3 Å². The van der Waals surface area contributed by atoms with Crippen LogP contribution in [0.25, 0.3) is 11.3 Å². The molecule has 2 atom stereocenters. The highest BCUT2D eigenvalue weighted by Gasteiger charge is 2.34. The lowest BCUT2D eigenvalue weighted by molar-refractivity contribution is 0.0122. The molecule has 0 bridgehead atoms. The Hall–Kier alpha value is -1.07. The van der Waals surface area contributed by atoms with Crippen molar-refractivity contribution < 1.29 is 9.26 Å². The van der Waals surface area contributed by atoms with Gasteiger partial charge in [0, 0.05) is 23.1 Å². The molecule has 0 radical (unpaired) electrons. The Balaban J connectivity index is 1.62. The highest BCUT2D eigenvalue weighted by atomic mass is 35.5. The van der Waals surface area contributed by atoms with Crippen molar-refractivity contribution in [3.05, 3.63) is 39.6 Å². The normalized spacial score (nSPS) is 23.8. The van der Waals surface area contributed by atoms with E-state index < -0.39 is 0 Å². The van der Waals surface area contributed by atoms with Crippen LogP contribution in [0, 0.1) is 0 Å². The molecule has 134 valence electrons. The summed E-state index contributed by atoms with van der Waals surface area (Å²) in [7, 11) is 0. The first-order valence-corrected chi connectivity index (χ1v) is 9.67. The summed E-state index contributed by atoms with van der Waals surface area (Å²) in [6, 6.07) is 5.98. The van der Waals surface area contributed by atoms with Gasteiger partial charge in [-0.15, -0.1) is 0 Å². The van der Waals surface area contributed by atoms with Crippen molar-refractivity contribution in [3.63, 3.8) is 0 Å². The number of benzene rings is 1. The first-order valence-electron chi connectivity index (χ1n) is 8.91. The zero-order valence-corrected chi connectivity index (χ0v) is 15.7. The average Bonchev–Trinajstić information content (AvgIpc) is 3.34. The van der Waals surface area contributed by atoms with Crippen LogP contribution in [0.3, 0.4) is 0 Å². The predicted octanol–water partition coefficient (Wildman–Crippen LogP) is 5.18. The van der Waals surface area contributed by atoms with E-state index in [4.69, 9.17) is 32.5 Å². The van der Waals surface area contributed by atoms with E-state index in [2.05, 4.69) is 17.4 Å². The highest BCUT2D eigenvalue weighted by Crippen LogP contribution is 2.46. The second kappa shape index (κ2) is 7.28. The molecule has 4 nitrogen and oxygen atoms in total. The minimum atomic E-state index is 0.257. The van der Waals surface area contributed by atoms with E-state index in [0.717, 1.165) is 54.8 Å². The van der Waals surface area contributed by atoms with E-state index in [-0.39, 0.29) is 6.10 Å². The SMILES string of the molecule is C[C@@H]1C[C@@H](OCc2c(-c3c(Cl)cccc3Cl)noc2C2CC2)CCN1. The molecule has 1 aliphatic carbocycles. The van der Waals surface area contributed by atoms with Crippen molar-refractivity contribution in [2.75, 3.05) is 6.54 Å². The average molecular weight is 381 g/mol. The highest BCUT2D eigenvalue weighted by molar-refractivity contribution is 6.39. The lowest BCUT2D eigenvalue weighted by atomic mass is 10.0. The molecule has 2 fully saturated rings. The Labute approximate surface area is 157 Å². The van der Waals surface area contributed by atoms with Gasteiger partial charge in [-0.2, -0.15) is 0 Å². The summed E-state index contributed by atoms with van der Waals surface area (Å²) in [5.41, 5.74) is 2.46. The van der Waals surface area contributed by atoms with Crippen LogP contribution in [-0.4, -0.2) is 23.8 Å². The molecule has 0 amide bonds. The molecule has 4 rings (SSSR count). The number of hydrogen-bond acceptors (Lipinski definition) is 4. The Morgan fingerprint density at radius 2 is 2.00 bits per heavy atom. The molecule has 1 aliphatic heterocycles. The first kappa shape index (κ1) is 17.3. The maximum atomic E-state index is 6.39. The summed E-state index contributed by atoms with van der Waals surface area (Å²) < 4.78 is 11.9. The molecular formula is C19H22Cl2N2O2. The standard InChI is InChI=1S/C19H22Cl2N2O2/c1-11-9-13(7-8-22-11)24-10-14-18(23-25-19(14)12-5-6-12)17-15(20)3-2-4-16(17)21/h2-4,11-13,22H,5-10H2,1H3/t11-,13+/m1/s1. The van der Waals surface area contributed by atoms with Crippen LogP contribution in [0.15, 0.2) is 22.7 Å². The summed E-state index contributed by atoms with van der Waals surface area (Å²) >= 11 is 12.8. The number of piperidine rings is 1. The zero-order valence-electron chi connectivity index (χ0n) is 14.2. The van der Waals surface area contributed by atoms with Crippen molar-refractivity contribution in [2.45, 2.75) is 57.3 Å². The van der Waals surface area contributed by atoms with Crippen molar-refractivity contribution in [1.82, 2.24) is 10.5 Å². The first-order chi connectivity index (χ1) is 12.1. The van der Waals surface area contributed by atoms with Crippen molar-refractivity contribution in [1.29, 1.82) is 0 Å². The van der Waals surface area contributed by atoms with Gasteiger partial charge in [0.1, 0.15) is 11.5 Å². The fourth-order valence-electron chi connectivity index (χ4n) is 3.49. The van der Waals surface area contributed by atoms with Gasteiger partial charge >= 0.3 is 0 Å². The quantitative estimate of drug-likeness (QED) is 0.775. The van der Waals surface area contributed by atoms with Gasteiger partial charge in [-0.3, -0.25) is 0 Å². The van der Waals surface area contributed by atoms with Crippen LogP contribution < -0.4 is 5.32 Å². The third kappa shape index (κ3) is 3.72. The van der Waals surface area contributed by atoms with Crippen molar-refractivity contribution >= 4 is 23.2 Å². The minimum Gasteiger partial charge on any atom is -0.373 e. The number of nitrogens with zero attached hydrogens (tertiary/aromatic N) is 1. The van der Waals surface area contributed by atoms with Gasteiger partial charge in [0.15, 0.2) is 0 Å². The van der Waals surface area contributed by atoms with Gasteiger partial charge in [-0.1, -0.05) is 34.4 Å². The van der Waals surface area contributed by atoms with Crippen LogP contribution in [0.5, 0.6) is 0 Å². The second-order valence-corrected chi connectivity index (χ2v) is 7.87. The molecule has 0 unspecified atom stereocenters. The van der Waals surface area contributed by atoms with Gasteiger partial charge < -0.3 is 14.6 Å². The largest absolute Gasteiger partial charge is 0.373 e. The number of rotatable bonds is 5. The Bertz CT molecular complexity index is 738. The third-order valence-corrected chi connectivity index (χ3v) is 5.64. The van der Waals surface area contributed by atoms with E-state index in [1.165, 1.54) is 0 Å². The fraction of sp³-hybridized carbons (Fsp3) is 0.526. The van der Waals surface area contributed by atoms with Crippen LogP contribution >= 0.6 is 23.2 Å². The summed E-state index contributed by atoms with van der Waals surface area (Å²) in [6.45, 7) is 3.68. The number of ether oxygens (including phenoxy) is 1. The molecular weight excluding hydrogens is 359 g/mol. The Kier molecular flexibility index (Phi) is 5.05. The maximum absolute atomic E-state index is 6.39. The molecule has 2 heterocycles. The zero-order chi connectivity index (χ0) is 17.4. The smallest absolute Gasteiger partial charge is 0.145 e. The van der Waals surface area contributed by atoms with Crippen molar-refractivity contribution in [2.24, 2.45) is 0 Å². The maximum Gasteiger partial charge on any atom is 0.145 e. The van der Waals surface area contributed by atoms with E-state index in [1.807, 2.05) is 18.2 Å². The molecule has 1 saturated heterocycles. The molecule has 2 aliphatic rings. The molecule has 25 heavy (non-hydrogen) atoms. The van der Waals surface area contributed by atoms with Crippen LogP contribution in [-0.2, 0) is 11.3 Å². The molecule has 1 N–H and O–H groups in total. The summed E-state index contributed by atoms with van der Waals surface area (Å²) in [6.07, 6.45) is 4.58. The molecule has 0 spiro atoms. The summed E-state index contributed by atoms with van der Waals surface area (Å²) in [5, 5.41) is 8.93. The van der Waals surface area contributed by atoms with E-state index in [1.54, 1.807) is 0 Å². The predicted molar refractivity (Wildman–Crippen MR) is 99.2 cm³/mol. The lowest BCUT2D eigenvalue weighted by Gasteiger charge is -2.28. The molecule has 6 heteroatoms. The molecule has 1 aromatic heterocycles. The van der Waals surface area contributed by atoms with E-state index in [0.29, 0.717) is 28.6 Å². The number of hydrogen-bond donors (Lipinski definition) is 1. The summed E-state index contributed by atoms with van der Waals surface area (Å²) in [4.78, 5) is 0. The van der Waals surface area contributed by atoms with Gasteiger partial charge in [0.05, 0.1) is 22.8 Å². The lowest BCUT2D eigenvalue weighted by Crippen LogP contribution is -2.39. The van der Waals surface area contributed by atoms with Gasteiger partial charge in [0.25, 0.3) is 0 Å². The Morgan fingerprint density at radius 1 is 1.24 bits per heavy atom. The van der Waals surface area contributed by atoms with Gasteiger partial charge in [-0.25, -0.2) is 0 Å². The van der Waals surface area contributed by atoms with Crippen LogP contribution in [0.4, 0.5) is 0 Å². The van der Waals surface area contributed by atoms with Crippen molar-refractivity contribution in [3.8, 4) is 11.3 Å². The Morgan fingerprint density at radius 3 is 2.68 bits per heavy atom. The fourth-order valence-corrected chi connectivity index (χ4v) is 4.06. The van der Waals surface area contributed by atoms with E-state index in [9.17, 15) is 0 Å². The molecule has 1 aromatic carbocycles. The summed E-state index contributed by atoms with van der Waals surface area (Å²) in [5.74, 6) is 1.39. The second-order valence-electron chi connectivity index (χ2n) is 7.06. The molecule has 1 saturated carbocycles. The number of halogens is 2. The monoisotopic (exact) mass is 380 g/mol. The number of aromatic nitrogens is 1. The van der Waals surface area contributed by atoms with Crippen LogP contribution in [0.2, 0.25) is 10.0 Å². The van der Waals surface area contributed by atoms with Crippen LogP contribution in [0.1, 0.15) is 49.8 Å². The number of nitrogens with one attached hydrogen (secondary N) is 1. The minimum absolute atomic E-state index is 0.257. The van der Waals surface area contributed by atoms with Gasteiger partial charge in [0.2, 0.25) is 0 Å². The third-order valence-electron chi connectivity index (χ3n) is 5.01. The molecule has 2 aromatic rings. The van der Waals surface area contributed by atoms with Gasteiger partial charge in [-0.05, 0) is 51.3 Å².